The molecule has 1 saturated heterocycles. The molecule has 0 spiro atoms. The molecule has 2 N–H and O–H groups in total. The van der Waals surface area contributed by atoms with Crippen LogP contribution in [0.2, 0.25) is 0 Å². The van der Waals surface area contributed by atoms with Gasteiger partial charge < -0.3 is 24.8 Å². The van der Waals surface area contributed by atoms with Gasteiger partial charge >= 0.3 is 6.18 Å². The normalized spacial score (nSPS) is 18.2. The summed E-state index contributed by atoms with van der Waals surface area (Å²) >= 11 is 0. The molecule has 0 saturated carbocycles. The van der Waals surface area contributed by atoms with Crippen molar-refractivity contribution in [2.75, 3.05) is 43.1 Å². The molecule has 4 heterocycles. The van der Waals surface area contributed by atoms with Crippen molar-refractivity contribution in [3.63, 3.8) is 0 Å². The number of fused-ring (bicyclic) bond motifs is 1. The van der Waals surface area contributed by atoms with Gasteiger partial charge in [-0.15, -0.1) is 5.10 Å². The number of aryl methyl sites for hydroxylation is 1. The Labute approximate surface area is 228 Å². The number of halogens is 3. The fraction of sp³-hybridized carbons (Fsp3) is 0.481. The van der Waals surface area contributed by atoms with Crippen LogP contribution < -0.4 is 21.1 Å². The second-order valence-corrected chi connectivity index (χ2v) is 10.1. The highest BCUT2D eigenvalue weighted by Gasteiger charge is 2.31. The first kappa shape index (κ1) is 27.8. The molecule has 1 fully saturated rings. The lowest BCUT2D eigenvalue weighted by Crippen LogP contribution is -2.51. The van der Waals surface area contributed by atoms with E-state index >= 15 is 0 Å². The van der Waals surface area contributed by atoms with Crippen LogP contribution in [0.15, 0.2) is 29.1 Å². The molecule has 1 atom stereocenters. The Morgan fingerprint density at radius 3 is 2.75 bits per heavy atom. The first-order chi connectivity index (χ1) is 19.1. The number of hydrogen-bond acceptors (Lipinski definition) is 7. The number of alkyl halides is 3. The Kier molecular flexibility index (Phi) is 7.69. The Bertz CT molecular complexity index is 1530. The van der Waals surface area contributed by atoms with E-state index in [0.717, 1.165) is 17.7 Å². The maximum atomic E-state index is 13.8. The number of rotatable bonds is 6. The van der Waals surface area contributed by atoms with Crippen LogP contribution in [0.5, 0.6) is 0 Å². The van der Waals surface area contributed by atoms with Gasteiger partial charge in [0, 0.05) is 31.4 Å². The van der Waals surface area contributed by atoms with Crippen molar-refractivity contribution in [3.05, 3.63) is 57.3 Å². The van der Waals surface area contributed by atoms with Crippen molar-refractivity contribution in [3.8, 4) is 0 Å². The van der Waals surface area contributed by atoms with E-state index in [1.54, 1.807) is 4.57 Å². The van der Waals surface area contributed by atoms with Gasteiger partial charge in [-0.25, -0.2) is 0 Å². The molecule has 1 aromatic carbocycles. The molecule has 0 unspecified atom stereocenters. The van der Waals surface area contributed by atoms with Gasteiger partial charge in [-0.2, -0.15) is 22.7 Å². The van der Waals surface area contributed by atoms with Crippen molar-refractivity contribution in [2.24, 2.45) is 0 Å². The molecule has 3 aromatic rings. The van der Waals surface area contributed by atoms with Crippen LogP contribution in [0, 0.1) is 6.92 Å². The van der Waals surface area contributed by atoms with Gasteiger partial charge in [-0.3, -0.25) is 9.59 Å². The molecule has 40 heavy (non-hydrogen) atoms. The van der Waals surface area contributed by atoms with Crippen LogP contribution in [0.3, 0.4) is 0 Å². The number of anilines is 2. The summed E-state index contributed by atoms with van der Waals surface area (Å²) < 4.78 is 47.7. The van der Waals surface area contributed by atoms with Crippen molar-refractivity contribution in [1.82, 2.24) is 24.5 Å². The van der Waals surface area contributed by atoms with Crippen LogP contribution >= 0.6 is 0 Å². The summed E-state index contributed by atoms with van der Waals surface area (Å²) in [7, 11) is 0. The molecule has 0 radical (unpaired) electrons. The van der Waals surface area contributed by atoms with E-state index in [4.69, 9.17) is 4.74 Å². The van der Waals surface area contributed by atoms with E-state index in [2.05, 4.69) is 20.7 Å². The number of benzene rings is 1. The molecule has 2 aliphatic heterocycles. The van der Waals surface area contributed by atoms with Crippen LogP contribution in [-0.4, -0.2) is 64.0 Å². The number of nitrogens with one attached hydrogen (secondary N) is 2. The minimum absolute atomic E-state index is 0.159. The number of aromatic nitrogens is 4. The number of piperazine rings is 1. The fourth-order valence-electron chi connectivity index (χ4n) is 5.24. The zero-order valence-corrected chi connectivity index (χ0v) is 22.6. The highest BCUT2D eigenvalue weighted by atomic mass is 19.4. The van der Waals surface area contributed by atoms with Crippen molar-refractivity contribution < 1.29 is 22.7 Å². The maximum absolute atomic E-state index is 13.8. The van der Waals surface area contributed by atoms with Gasteiger partial charge in [0.05, 0.1) is 24.5 Å². The Hall–Kier alpha value is -3.71. The standard InChI is InChI=1S/C27H32F3N7O3/c1-4-21-23(35-10-9-31-17(3)14-35)25(39)37-26(33-24(34-37)18-7-11-40-12-8-18)36(21)15-22(38)32-20-6-5-19(13-16(20)2)27(28,29)30/h5-7,13,17,31H,4,8-12,14-15H2,1-3H3,(H,32,38)/t17-/m1/s1. The van der Waals surface area contributed by atoms with Crippen molar-refractivity contribution in [2.45, 2.75) is 52.4 Å². The van der Waals surface area contributed by atoms with Gasteiger partial charge in [0.25, 0.3) is 5.56 Å². The molecule has 13 heteroatoms. The fourth-order valence-corrected chi connectivity index (χ4v) is 5.24. The maximum Gasteiger partial charge on any atom is 0.416 e. The van der Waals surface area contributed by atoms with Gasteiger partial charge in [-0.05, 0) is 56.0 Å². The summed E-state index contributed by atoms with van der Waals surface area (Å²) in [5.74, 6) is 0.175. The van der Waals surface area contributed by atoms with E-state index in [1.165, 1.54) is 17.5 Å². The molecule has 1 amide bonds. The molecule has 5 rings (SSSR count). The summed E-state index contributed by atoms with van der Waals surface area (Å²) in [4.78, 5) is 33.9. The predicted molar refractivity (Wildman–Crippen MR) is 145 cm³/mol. The quantitative estimate of drug-likeness (QED) is 0.478. The third-order valence-electron chi connectivity index (χ3n) is 7.23. The third-order valence-corrected chi connectivity index (χ3v) is 7.23. The summed E-state index contributed by atoms with van der Waals surface area (Å²) in [6, 6.07) is 3.35. The number of nitrogens with zero attached hydrogens (tertiary/aromatic N) is 5. The summed E-state index contributed by atoms with van der Waals surface area (Å²) in [6.45, 7) is 8.11. The average molecular weight is 560 g/mol. The topological polar surface area (TPSA) is 106 Å². The Morgan fingerprint density at radius 2 is 2.10 bits per heavy atom. The molecular weight excluding hydrogens is 527 g/mol. The van der Waals surface area contributed by atoms with E-state index in [-0.39, 0.29) is 35.2 Å². The first-order valence-corrected chi connectivity index (χ1v) is 13.3. The Balaban J connectivity index is 1.57. The largest absolute Gasteiger partial charge is 0.416 e. The molecule has 2 aliphatic rings. The number of hydrogen-bond donors (Lipinski definition) is 2. The number of amides is 1. The van der Waals surface area contributed by atoms with Crippen LogP contribution in [0.4, 0.5) is 24.5 Å². The highest BCUT2D eigenvalue weighted by Crippen LogP contribution is 2.32. The van der Waals surface area contributed by atoms with E-state index in [1.807, 2.05) is 24.8 Å². The highest BCUT2D eigenvalue weighted by molar-refractivity contribution is 5.91. The van der Waals surface area contributed by atoms with Gasteiger partial charge in [0.1, 0.15) is 12.2 Å². The number of carbonyl (C=O) groups excluding carboxylic acids is 1. The molecule has 0 bridgehead atoms. The number of carbonyl (C=O) groups is 1. The lowest BCUT2D eigenvalue weighted by molar-refractivity contribution is -0.137. The third kappa shape index (κ3) is 5.48. The van der Waals surface area contributed by atoms with Gasteiger partial charge in [-0.1, -0.05) is 13.0 Å². The van der Waals surface area contributed by atoms with E-state index in [0.29, 0.717) is 62.9 Å². The van der Waals surface area contributed by atoms with Crippen molar-refractivity contribution in [1.29, 1.82) is 0 Å². The average Bonchev–Trinajstić information content (AvgIpc) is 3.37. The van der Waals surface area contributed by atoms with E-state index in [9.17, 15) is 22.8 Å². The van der Waals surface area contributed by atoms with Gasteiger partial charge in [0.2, 0.25) is 11.7 Å². The van der Waals surface area contributed by atoms with Crippen molar-refractivity contribution >= 4 is 28.6 Å². The lowest BCUT2D eigenvalue weighted by Gasteiger charge is -2.34. The predicted octanol–water partition coefficient (Wildman–Crippen LogP) is 3.02. The number of ether oxygens (including phenoxy) is 1. The molecule has 10 nitrogen and oxygen atoms in total. The first-order valence-electron chi connectivity index (χ1n) is 13.3. The van der Waals surface area contributed by atoms with Crippen LogP contribution in [-0.2, 0) is 28.7 Å². The minimum Gasteiger partial charge on any atom is -0.377 e. The molecular formula is C27H32F3N7O3. The second kappa shape index (κ2) is 11.0. The summed E-state index contributed by atoms with van der Waals surface area (Å²) in [5.41, 5.74) is 1.45. The monoisotopic (exact) mass is 559 g/mol. The van der Waals surface area contributed by atoms with Gasteiger partial charge in [0.15, 0.2) is 5.82 Å². The summed E-state index contributed by atoms with van der Waals surface area (Å²) in [6.07, 6.45) is -1.55. The van der Waals surface area contributed by atoms with E-state index < -0.39 is 17.6 Å². The lowest BCUT2D eigenvalue weighted by atomic mass is 10.1. The zero-order chi connectivity index (χ0) is 28.6. The summed E-state index contributed by atoms with van der Waals surface area (Å²) in [5, 5.41) is 10.7. The van der Waals surface area contributed by atoms with Crippen LogP contribution in [0.25, 0.3) is 11.4 Å². The molecule has 0 aliphatic carbocycles. The second-order valence-electron chi connectivity index (χ2n) is 10.1. The smallest absolute Gasteiger partial charge is 0.377 e. The molecule has 214 valence electrons. The molecule has 2 aromatic heterocycles. The Morgan fingerprint density at radius 1 is 1.30 bits per heavy atom. The minimum atomic E-state index is -4.48. The zero-order valence-electron chi connectivity index (χ0n) is 22.6. The van der Waals surface area contributed by atoms with Crippen LogP contribution in [0.1, 0.15) is 42.9 Å². The SMILES string of the molecule is CCc1c(N2CCN[C@H](C)C2)c(=O)n2nc(C3=CCOCC3)nc2n1CC(=O)Nc1ccc(C(F)(F)F)cc1C.